The molecular weight excluding hydrogens is 457 g/mol. The normalized spacial score (nSPS) is 16.9. The zero-order chi connectivity index (χ0) is 23.8. The number of nitrogens with one attached hydrogen (secondary N) is 1. The number of hydrogen-bond donors (Lipinski definition) is 2. The highest BCUT2D eigenvalue weighted by Gasteiger charge is 2.34. The Morgan fingerprint density at radius 2 is 1.94 bits per heavy atom. The second-order valence-corrected chi connectivity index (χ2v) is 10.6. The summed E-state index contributed by atoms with van der Waals surface area (Å²) >= 11 is 0. The summed E-state index contributed by atoms with van der Waals surface area (Å²) in [6, 6.07) is 13.1. The fourth-order valence-corrected chi connectivity index (χ4v) is 5.81. The molecule has 0 spiro atoms. The molecule has 0 saturated carbocycles. The third-order valence-corrected chi connectivity index (χ3v) is 7.97. The highest BCUT2D eigenvalue weighted by Crippen LogP contribution is 2.26. The lowest BCUT2D eigenvalue weighted by atomic mass is 9.91. The molecule has 0 bridgehead atoms. The lowest BCUT2D eigenvalue weighted by molar-refractivity contribution is -0.0160. The van der Waals surface area contributed by atoms with Crippen LogP contribution in [-0.4, -0.2) is 55.2 Å². The van der Waals surface area contributed by atoms with Crippen LogP contribution in [0, 0.1) is 5.82 Å². The Kier molecular flexibility index (Phi) is 6.11. The molecule has 34 heavy (non-hydrogen) atoms. The van der Waals surface area contributed by atoms with E-state index >= 15 is 0 Å². The molecule has 1 fully saturated rings. The van der Waals surface area contributed by atoms with Crippen LogP contribution >= 0.6 is 0 Å². The molecule has 0 amide bonds. The van der Waals surface area contributed by atoms with E-state index in [2.05, 4.69) is 14.6 Å². The van der Waals surface area contributed by atoms with Gasteiger partial charge in [0.05, 0.1) is 10.5 Å². The number of likely N-dealkylation sites (tertiary alicyclic amines) is 1. The lowest BCUT2D eigenvalue weighted by Gasteiger charge is -2.38. The molecule has 7 nitrogen and oxygen atoms in total. The molecule has 2 aromatic heterocycles. The summed E-state index contributed by atoms with van der Waals surface area (Å²) in [6.07, 6.45) is 4.79. The van der Waals surface area contributed by atoms with Crippen molar-refractivity contribution in [1.29, 1.82) is 0 Å². The highest BCUT2D eigenvalue weighted by atomic mass is 32.2. The van der Waals surface area contributed by atoms with Crippen LogP contribution in [0.25, 0.3) is 21.7 Å². The summed E-state index contributed by atoms with van der Waals surface area (Å²) in [6.45, 7) is 1.99. The maximum Gasteiger partial charge on any atom is 0.241 e. The first-order valence-corrected chi connectivity index (χ1v) is 12.7. The molecule has 1 saturated heterocycles. The van der Waals surface area contributed by atoms with Crippen LogP contribution in [-0.2, 0) is 16.4 Å². The molecule has 2 aromatic carbocycles. The van der Waals surface area contributed by atoms with Crippen molar-refractivity contribution in [2.75, 3.05) is 26.2 Å². The van der Waals surface area contributed by atoms with E-state index in [1.54, 1.807) is 36.7 Å². The fourth-order valence-electron chi connectivity index (χ4n) is 4.46. The molecule has 0 radical (unpaired) electrons. The number of sulfonamides is 1. The van der Waals surface area contributed by atoms with Crippen molar-refractivity contribution in [3.05, 3.63) is 72.5 Å². The van der Waals surface area contributed by atoms with Gasteiger partial charge >= 0.3 is 0 Å². The van der Waals surface area contributed by atoms with Gasteiger partial charge in [-0.15, -0.1) is 0 Å². The van der Waals surface area contributed by atoms with Crippen LogP contribution in [0.2, 0.25) is 0 Å². The predicted molar refractivity (Wildman–Crippen MR) is 127 cm³/mol. The van der Waals surface area contributed by atoms with Crippen molar-refractivity contribution in [1.82, 2.24) is 14.6 Å². The number of fused-ring (bicyclic) bond motifs is 2. The van der Waals surface area contributed by atoms with Gasteiger partial charge in [-0.05, 0) is 49.2 Å². The average molecular weight is 484 g/mol. The summed E-state index contributed by atoms with van der Waals surface area (Å²) < 4.78 is 47.7. The number of furan rings is 1. The number of piperidine rings is 1. The van der Waals surface area contributed by atoms with Gasteiger partial charge in [-0.3, -0.25) is 4.98 Å². The largest absolute Gasteiger partial charge is 0.461 e. The van der Waals surface area contributed by atoms with Gasteiger partial charge in [-0.25, -0.2) is 17.5 Å². The first-order chi connectivity index (χ1) is 16.3. The number of hydrogen-bond acceptors (Lipinski definition) is 6. The molecule has 1 aliphatic rings. The molecule has 1 aliphatic heterocycles. The molecule has 9 heteroatoms. The molecule has 0 aliphatic carbocycles. The first kappa shape index (κ1) is 22.9. The van der Waals surface area contributed by atoms with E-state index in [4.69, 9.17) is 4.42 Å². The summed E-state index contributed by atoms with van der Waals surface area (Å²) in [5.74, 6) is 0.503. The summed E-state index contributed by atoms with van der Waals surface area (Å²) in [5, 5.41) is 13.1. The number of aromatic nitrogens is 1. The molecule has 0 atom stereocenters. The Balaban J connectivity index is 1.16. The highest BCUT2D eigenvalue weighted by molar-refractivity contribution is 7.89. The van der Waals surface area contributed by atoms with Gasteiger partial charge in [-0.2, -0.15) is 0 Å². The van der Waals surface area contributed by atoms with Crippen LogP contribution in [0.4, 0.5) is 4.39 Å². The van der Waals surface area contributed by atoms with Crippen molar-refractivity contribution in [3.63, 3.8) is 0 Å². The molecule has 3 heterocycles. The molecule has 178 valence electrons. The molecule has 0 unspecified atom stereocenters. The van der Waals surface area contributed by atoms with E-state index in [1.807, 2.05) is 12.1 Å². The smallest absolute Gasteiger partial charge is 0.241 e. The Morgan fingerprint density at radius 1 is 1.12 bits per heavy atom. The van der Waals surface area contributed by atoms with E-state index in [1.165, 1.54) is 12.1 Å². The van der Waals surface area contributed by atoms with Crippen molar-refractivity contribution < 1.29 is 22.3 Å². The second kappa shape index (κ2) is 9.07. The summed E-state index contributed by atoms with van der Waals surface area (Å²) in [5.41, 5.74) is -0.439. The number of halogens is 1. The Morgan fingerprint density at radius 3 is 2.76 bits per heavy atom. The zero-order valence-electron chi connectivity index (χ0n) is 18.6. The van der Waals surface area contributed by atoms with E-state index in [0.29, 0.717) is 43.3 Å². The predicted octanol–water partition coefficient (Wildman–Crippen LogP) is 3.47. The van der Waals surface area contributed by atoms with Gasteiger partial charge in [0.15, 0.2) is 0 Å². The molecular formula is C25H26FN3O4S. The van der Waals surface area contributed by atoms with Crippen LogP contribution < -0.4 is 4.72 Å². The monoisotopic (exact) mass is 483 g/mol. The third kappa shape index (κ3) is 4.83. The van der Waals surface area contributed by atoms with Crippen molar-refractivity contribution >= 4 is 31.8 Å². The van der Waals surface area contributed by atoms with Crippen LogP contribution in [0.5, 0.6) is 0 Å². The van der Waals surface area contributed by atoms with E-state index < -0.39 is 15.6 Å². The minimum Gasteiger partial charge on any atom is -0.461 e. The van der Waals surface area contributed by atoms with Gasteiger partial charge in [0, 0.05) is 61.2 Å². The van der Waals surface area contributed by atoms with Crippen LogP contribution in [0.1, 0.15) is 18.6 Å². The second-order valence-electron chi connectivity index (χ2n) is 8.89. The van der Waals surface area contributed by atoms with E-state index in [-0.39, 0.29) is 17.3 Å². The van der Waals surface area contributed by atoms with E-state index in [0.717, 1.165) is 23.1 Å². The number of pyridine rings is 1. The Labute approximate surface area is 197 Å². The average Bonchev–Trinajstić information content (AvgIpc) is 3.24. The lowest BCUT2D eigenvalue weighted by Crippen LogP contribution is -2.51. The minimum atomic E-state index is -3.79. The summed E-state index contributed by atoms with van der Waals surface area (Å²) in [4.78, 5) is 6.44. The van der Waals surface area contributed by atoms with Crippen molar-refractivity contribution in [2.45, 2.75) is 29.8 Å². The summed E-state index contributed by atoms with van der Waals surface area (Å²) in [7, 11) is -3.79. The van der Waals surface area contributed by atoms with Gasteiger partial charge in [-0.1, -0.05) is 12.1 Å². The van der Waals surface area contributed by atoms with Crippen molar-refractivity contribution in [3.8, 4) is 0 Å². The first-order valence-electron chi connectivity index (χ1n) is 11.3. The fraction of sp³-hybridized carbons (Fsp3) is 0.320. The van der Waals surface area contributed by atoms with E-state index in [9.17, 15) is 17.9 Å². The van der Waals surface area contributed by atoms with Gasteiger partial charge in [0.1, 0.15) is 17.2 Å². The molecule has 4 aromatic rings. The number of aliphatic hydroxyl groups is 1. The maximum atomic E-state index is 13.4. The van der Waals surface area contributed by atoms with Crippen LogP contribution in [0.15, 0.2) is 70.2 Å². The third-order valence-electron chi connectivity index (χ3n) is 6.51. The maximum absolute atomic E-state index is 13.4. The minimum absolute atomic E-state index is 0.0419. The van der Waals surface area contributed by atoms with Gasteiger partial charge in [0.2, 0.25) is 10.0 Å². The molecule has 5 rings (SSSR count). The number of rotatable bonds is 7. The standard InChI is InChI=1S/C25H26FN3O4S/c26-20-4-5-23-19(14-20)15-21(33-23)7-11-29-12-8-25(30,9-13-29)17-28-34(31,32)24-3-1-2-18-16-27-10-6-22(18)24/h1-6,10,14-16,28,30H,7-9,11-13,17H2. The Hall–Kier alpha value is -2.85. The number of benzene rings is 2. The van der Waals surface area contributed by atoms with Gasteiger partial charge in [0.25, 0.3) is 0 Å². The number of nitrogens with zero attached hydrogens (tertiary/aromatic N) is 2. The quantitative estimate of drug-likeness (QED) is 0.418. The topological polar surface area (TPSA) is 95.7 Å². The molecule has 2 N–H and O–H groups in total. The van der Waals surface area contributed by atoms with Crippen molar-refractivity contribution in [2.24, 2.45) is 0 Å². The Bertz CT molecular complexity index is 1420. The zero-order valence-corrected chi connectivity index (χ0v) is 19.4. The SMILES string of the molecule is O=S(=O)(NCC1(O)CCN(CCc2cc3cc(F)ccc3o2)CC1)c1cccc2cnccc12. The van der Waals surface area contributed by atoms with Gasteiger partial charge < -0.3 is 14.4 Å². The van der Waals surface area contributed by atoms with Crippen LogP contribution in [0.3, 0.4) is 0 Å².